The summed E-state index contributed by atoms with van der Waals surface area (Å²) in [7, 11) is 0. The van der Waals surface area contributed by atoms with Crippen LogP contribution in [0.2, 0.25) is 0 Å². The first kappa shape index (κ1) is 13.2. The van der Waals surface area contributed by atoms with Gasteiger partial charge in [-0.15, -0.1) is 0 Å². The Kier molecular flexibility index (Phi) is 3.25. The van der Waals surface area contributed by atoms with Gasteiger partial charge in [0, 0.05) is 30.1 Å². The van der Waals surface area contributed by atoms with E-state index in [0.29, 0.717) is 22.6 Å². The molecule has 2 atom stereocenters. The molecule has 6 heteroatoms. The number of benzene rings is 1. The smallest absolute Gasteiger partial charge is 0.366 e. The quantitative estimate of drug-likeness (QED) is 0.848. The fraction of sp³-hybridized carbons (Fsp3) is 0.538. The highest BCUT2D eigenvalue weighted by molar-refractivity contribution is 9.10. The fourth-order valence-electron chi connectivity index (χ4n) is 3.13. The van der Waals surface area contributed by atoms with E-state index in [4.69, 9.17) is 0 Å². The highest BCUT2D eigenvalue weighted by Crippen LogP contribution is 2.41. The van der Waals surface area contributed by atoms with Crippen molar-refractivity contribution in [3.8, 4) is 0 Å². The predicted molar refractivity (Wildman–Crippen MR) is 71.3 cm³/mol. The van der Waals surface area contributed by atoms with Gasteiger partial charge in [-0.25, -0.2) is 0 Å². The first-order valence-electron chi connectivity index (χ1n) is 6.31. The van der Waals surface area contributed by atoms with Gasteiger partial charge in [-0.05, 0) is 30.5 Å². The molecule has 2 nitrogen and oxygen atoms in total. The molecule has 0 bridgehead atoms. The molecule has 0 spiro atoms. The maximum Gasteiger partial charge on any atom is 0.418 e. The van der Waals surface area contributed by atoms with E-state index in [1.165, 1.54) is 6.07 Å². The molecular formula is C13H14BrF3N2. The number of alkyl halides is 3. The summed E-state index contributed by atoms with van der Waals surface area (Å²) in [5, 5.41) is 3.26. The van der Waals surface area contributed by atoms with Crippen molar-refractivity contribution in [2.24, 2.45) is 5.92 Å². The van der Waals surface area contributed by atoms with Crippen molar-refractivity contribution in [1.29, 1.82) is 0 Å². The largest absolute Gasteiger partial charge is 0.418 e. The Morgan fingerprint density at radius 3 is 2.79 bits per heavy atom. The lowest BCUT2D eigenvalue weighted by molar-refractivity contribution is -0.137. The van der Waals surface area contributed by atoms with Crippen LogP contribution in [0.4, 0.5) is 18.9 Å². The zero-order chi connectivity index (χ0) is 13.6. The minimum absolute atomic E-state index is 0.190. The van der Waals surface area contributed by atoms with E-state index in [-0.39, 0.29) is 6.04 Å². The molecule has 0 amide bonds. The predicted octanol–water partition coefficient (Wildman–Crippen LogP) is 3.27. The van der Waals surface area contributed by atoms with Gasteiger partial charge >= 0.3 is 6.18 Å². The molecule has 1 aromatic rings. The first-order valence-corrected chi connectivity index (χ1v) is 7.10. The van der Waals surface area contributed by atoms with Crippen LogP contribution in [0, 0.1) is 5.92 Å². The van der Waals surface area contributed by atoms with Gasteiger partial charge in [0.2, 0.25) is 0 Å². The highest BCUT2D eigenvalue weighted by Gasteiger charge is 2.42. The molecule has 0 unspecified atom stereocenters. The van der Waals surface area contributed by atoms with Gasteiger partial charge < -0.3 is 10.2 Å². The molecule has 104 valence electrons. The van der Waals surface area contributed by atoms with E-state index < -0.39 is 11.7 Å². The van der Waals surface area contributed by atoms with E-state index in [2.05, 4.69) is 21.2 Å². The number of rotatable bonds is 1. The summed E-state index contributed by atoms with van der Waals surface area (Å²) in [6, 6.07) is 4.39. The summed E-state index contributed by atoms with van der Waals surface area (Å²) in [5.74, 6) is 0.472. The van der Waals surface area contributed by atoms with Crippen LogP contribution in [-0.4, -0.2) is 25.7 Å². The van der Waals surface area contributed by atoms with Crippen molar-refractivity contribution in [2.75, 3.05) is 24.5 Å². The molecular weight excluding hydrogens is 321 g/mol. The Morgan fingerprint density at radius 1 is 1.26 bits per heavy atom. The fourth-order valence-corrected chi connectivity index (χ4v) is 3.48. The lowest BCUT2D eigenvalue weighted by Crippen LogP contribution is -2.35. The van der Waals surface area contributed by atoms with Crippen molar-refractivity contribution in [1.82, 2.24) is 5.32 Å². The van der Waals surface area contributed by atoms with Gasteiger partial charge in [0.15, 0.2) is 0 Å². The van der Waals surface area contributed by atoms with E-state index in [0.717, 1.165) is 25.6 Å². The van der Waals surface area contributed by atoms with E-state index in [1.54, 1.807) is 6.07 Å². The third kappa shape index (κ3) is 2.36. The summed E-state index contributed by atoms with van der Waals surface area (Å²) in [6.07, 6.45) is -3.35. The second-order valence-corrected chi connectivity index (χ2v) is 6.04. The Hall–Kier alpha value is -0.750. The number of anilines is 1. The average Bonchev–Trinajstić information content (AvgIpc) is 2.88. The van der Waals surface area contributed by atoms with Gasteiger partial charge in [-0.1, -0.05) is 15.9 Å². The van der Waals surface area contributed by atoms with Crippen molar-refractivity contribution >= 4 is 21.6 Å². The lowest BCUT2D eigenvalue weighted by atomic mass is 10.0. The van der Waals surface area contributed by atoms with Gasteiger partial charge in [-0.3, -0.25) is 0 Å². The summed E-state index contributed by atoms with van der Waals surface area (Å²) in [6.45, 7) is 2.39. The zero-order valence-corrected chi connectivity index (χ0v) is 11.8. The molecule has 19 heavy (non-hydrogen) atoms. The minimum Gasteiger partial charge on any atom is -0.366 e. The maximum atomic E-state index is 13.1. The van der Waals surface area contributed by atoms with E-state index in [9.17, 15) is 13.2 Å². The SMILES string of the molecule is FC(F)(F)c1ccc(Br)cc1N1CC[C@H]2CNC[C@H]21. The number of fused-ring (bicyclic) bond motifs is 1. The van der Waals surface area contributed by atoms with E-state index >= 15 is 0 Å². The second-order valence-electron chi connectivity index (χ2n) is 5.13. The van der Waals surface area contributed by atoms with Crippen LogP contribution in [0.15, 0.2) is 22.7 Å². The molecule has 1 aromatic carbocycles. The molecule has 2 saturated heterocycles. The number of halogens is 4. The van der Waals surface area contributed by atoms with Crippen molar-refractivity contribution in [3.05, 3.63) is 28.2 Å². The zero-order valence-electron chi connectivity index (χ0n) is 10.2. The Labute approximate surface area is 118 Å². The number of nitrogens with one attached hydrogen (secondary N) is 1. The van der Waals surface area contributed by atoms with Gasteiger partial charge in [0.25, 0.3) is 0 Å². The maximum absolute atomic E-state index is 13.1. The topological polar surface area (TPSA) is 15.3 Å². The second kappa shape index (κ2) is 4.66. The highest BCUT2D eigenvalue weighted by atomic mass is 79.9. The molecule has 1 N–H and O–H groups in total. The van der Waals surface area contributed by atoms with Gasteiger partial charge in [0.1, 0.15) is 0 Å². The molecule has 0 aromatic heterocycles. The molecule has 3 rings (SSSR count). The van der Waals surface area contributed by atoms with Crippen molar-refractivity contribution in [2.45, 2.75) is 18.6 Å². The summed E-state index contributed by atoms with van der Waals surface area (Å²) in [5.41, 5.74) is -0.235. The van der Waals surface area contributed by atoms with Crippen LogP contribution in [-0.2, 0) is 6.18 Å². The molecule has 0 aliphatic carbocycles. The van der Waals surface area contributed by atoms with Crippen LogP contribution in [0.25, 0.3) is 0 Å². The third-order valence-electron chi connectivity index (χ3n) is 4.02. The monoisotopic (exact) mass is 334 g/mol. The Morgan fingerprint density at radius 2 is 2.05 bits per heavy atom. The molecule has 0 saturated carbocycles. The molecule has 0 radical (unpaired) electrons. The average molecular weight is 335 g/mol. The first-order chi connectivity index (χ1) is 8.97. The standard InChI is InChI=1S/C13H14BrF3N2/c14-9-1-2-10(13(15,16)17)11(5-9)19-4-3-8-6-18-7-12(8)19/h1-2,5,8,12,18H,3-4,6-7H2/t8-,12+/m0/s1. The molecule has 2 aliphatic rings. The molecule has 2 fully saturated rings. The van der Waals surface area contributed by atoms with Crippen molar-refractivity contribution < 1.29 is 13.2 Å². The Balaban J connectivity index is 2.02. The van der Waals surface area contributed by atoms with Crippen LogP contribution in [0.3, 0.4) is 0 Å². The number of hydrogen-bond donors (Lipinski definition) is 1. The van der Waals surface area contributed by atoms with Crippen LogP contribution < -0.4 is 10.2 Å². The summed E-state index contributed by atoms with van der Waals surface area (Å²) >= 11 is 3.27. The number of hydrogen-bond acceptors (Lipinski definition) is 2. The van der Waals surface area contributed by atoms with Crippen molar-refractivity contribution in [3.63, 3.8) is 0 Å². The van der Waals surface area contributed by atoms with Crippen LogP contribution >= 0.6 is 15.9 Å². The summed E-state index contributed by atoms with van der Waals surface area (Å²) in [4.78, 5) is 1.91. The minimum atomic E-state index is -4.31. The third-order valence-corrected chi connectivity index (χ3v) is 4.51. The van der Waals surface area contributed by atoms with Crippen LogP contribution in [0.5, 0.6) is 0 Å². The number of nitrogens with zero attached hydrogens (tertiary/aromatic N) is 1. The van der Waals surface area contributed by atoms with Crippen LogP contribution in [0.1, 0.15) is 12.0 Å². The van der Waals surface area contributed by atoms with Gasteiger partial charge in [-0.2, -0.15) is 13.2 Å². The lowest BCUT2D eigenvalue weighted by Gasteiger charge is -2.28. The molecule has 2 aliphatic heterocycles. The normalized spacial score (nSPS) is 26.8. The summed E-state index contributed by atoms with van der Waals surface area (Å²) < 4.78 is 40.0. The van der Waals surface area contributed by atoms with Gasteiger partial charge in [0.05, 0.1) is 11.3 Å². The Bertz CT molecular complexity index is 489. The molecule has 2 heterocycles. The van der Waals surface area contributed by atoms with E-state index in [1.807, 2.05) is 4.90 Å².